The molecule has 2 amide bonds. The molecule has 0 aliphatic rings. The molecule has 2 heterocycles. The van der Waals surface area contributed by atoms with Gasteiger partial charge < -0.3 is 15.2 Å². The van der Waals surface area contributed by atoms with Crippen molar-refractivity contribution in [2.24, 2.45) is 0 Å². The molecule has 7 nitrogen and oxygen atoms in total. The molecule has 0 radical (unpaired) electrons. The fraction of sp³-hybridized carbons (Fsp3) is 0.286. The molecule has 2 rings (SSSR count). The summed E-state index contributed by atoms with van der Waals surface area (Å²) in [5.41, 5.74) is 0.770. The van der Waals surface area contributed by atoms with E-state index in [1.165, 1.54) is 6.20 Å². The number of rotatable bonds is 6. The van der Waals surface area contributed by atoms with E-state index < -0.39 is 0 Å². The van der Waals surface area contributed by atoms with Crippen LogP contribution in [-0.4, -0.2) is 35.0 Å². The maximum absolute atomic E-state index is 11.7. The first-order chi connectivity index (χ1) is 10.2. The first-order valence-corrected chi connectivity index (χ1v) is 6.56. The summed E-state index contributed by atoms with van der Waals surface area (Å²) in [4.78, 5) is 27.2. The molecule has 2 aromatic rings. The summed E-state index contributed by atoms with van der Waals surface area (Å²) in [5, 5.41) is 9.07. The van der Waals surface area contributed by atoms with Gasteiger partial charge in [0.25, 0.3) is 11.8 Å². The second-order valence-electron chi connectivity index (χ2n) is 4.43. The largest absolute Gasteiger partial charge is 0.361 e. The topological polar surface area (TPSA) is 97.1 Å². The van der Waals surface area contributed by atoms with E-state index in [4.69, 9.17) is 4.52 Å². The van der Waals surface area contributed by atoms with Crippen molar-refractivity contribution in [3.8, 4) is 0 Å². The number of nitrogens with one attached hydrogen (secondary N) is 2. The third-order valence-electron chi connectivity index (χ3n) is 2.71. The van der Waals surface area contributed by atoms with Crippen molar-refractivity contribution in [1.29, 1.82) is 0 Å². The van der Waals surface area contributed by atoms with E-state index in [0.29, 0.717) is 30.8 Å². The molecule has 0 saturated carbocycles. The summed E-state index contributed by atoms with van der Waals surface area (Å²) in [7, 11) is 0. The smallest absolute Gasteiger partial charge is 0.273 e. The van der Waals surface area contributed by atoms with E-state index in [-0.39, 0.29) is 17.5 Å². The minimum absolute atomic E-state index is 0.179. The van der Waals surface area contributed by atoms with Crippen LogP contribution in [0.4, 0.5) is 0 Å². The lowest BCUT2D eigenvalue weighted by Gasteiger charge is -2.05. The van der Waals surface area contributed by atoms with Crippen molar-refractivity contribution in [2.75, 3.05) is 13.1 Å². The predicted molar refractivity (Wildman–Crippen MR) is 74.8 cm³/mol. The van der Waals surface area contributed by atoms with Gasteiger partial charge in [0.05, 0.1) is 5.56 Å². The average Bonchev–Trinajstić information content (AvgIpc) is 2.94. The highest BCUT2D eigenvalue weighted by Gasteiger charge is 2.09. The molecule has 0 bridgehead atoms. The number of carbonyl (C=O) groups excluding carboxylic acids is 2. The summed E-state index contributed by atoms with van der Waals surface area (Å²) >= 11 is 0. The number of aromatic nitrogens is 2. The van der Waals surface area contributed by atoms with Crippen LogP contribution in [0.25, 0.3) is 0 Å². The number of hydrogen-bond donors (Lipinski definition) is 2. The summed E-state index contributed by atoms with van der Waals surface area (Å²) in [6.45, 7) is 2.63. The Labute approximate surface area is 121 Å². The number of hydrogen-bond acceptors (Lipinski definition) is 5. The van der Waals surface area contributed by atoms with Crippen molar-refractivity contribution in [3.63, 3.8) is 0 Å². The zero-order valence-corrected chi connectivity index (χ0v) is 11.6. The molecule has 0 spiro atoms. The van der Waals surface area contributed by atoms with Gasteiger partial charge in [-0.1, -0.05) is 5.16 Å². The first kappa shape index (κ1) is 14.7. The number of nitrogens with zero attached hydrogens (tertiary/aromatic N) is 2. The van der Waals surface area contributed by atoms with Gasteiger partial charge >= 0.3 is 0 Å². The SMILES string of the molecule is Cc1cc(C(=O)NCCCNC(=O)c2cccnc2)no1. The van der Waals surface area contributed by atoms with E-state index in [1.807, 2.05) is 0 Å². The highest BCUT2D eigenvalue weighted by Crippen LogP contribution is 2.00. The van der Waals surface area contributed by atoms with Crippen LogP contribution in [-0.2, 0) is 0 Å². The van der Waals surface area contributed by atoms with Gasteiger partial charge in [0, 0.05) is 31.5 Å². The van der Waals surface area contributed by atoms with Crippen molar-refractivity contribution in [3.05, 3.63) is 47.6 Å². The first-order valence-electron chi connectivity index (χ1n) is 6.56. The summed E-state index contributed by atoms with van der Waals surface area (Å²) in [6.07, 6.45) is 3.73. The molecule has 110 valence electrons. The molecule has 7 heteroatoms. The van der Waals surface area contributed by atoms with Gasteiger partial charge in [-0.25, -0.2) is 0 Å². The minimum Gasteiger partial charge on any atom is -0.361 e. The molecule has 21 heavy (non-hydrogen) atoms. The van der Waals surface area contributed by atoms with Crippen LogP contribution >= 0.6 is 0 Å². The Morgan fingerprint density at radius 2 is 2.00 bits per heavy atom. The van der Waals surface area contributed by atoms with Gasteiger partial charge in [-0.05, 0) is 25.5 Å². The van der Waals surface area contributed by atoms with Gasteiger partial charge in [-0.3, -0.25) is 14.6 Å². The minimum atomic E-state index is -0.287. The van der Waals surface area contributed by atoms with Crippen molar-refractivity contribution < 1.29 is 14.1 Å². The molecular weight excluding hydrogens is 272 g/mol. The monoisotopic (exact) mass is 288 g/mol. The van der Waals surface area contributed by atoms with Crippen molar-refractivity contribution in [1.82, 2.24) is 20.8 Å². The van der Waals surface area contributed by atoms with Gasteiger partial charge in [-0.15, -0.1) is 0 Å². The van der Waals surface area contributed by atoms with Crippen LogP contribution < -0.4 is 10.6 Å². The molecule has 0 fully saturated rings. The average molecular weight is 288 g/mol. The Bertz CT molecular complexity index is 610. The predicted octanol–water partition coefficient (Wildman–Crippen LogP) is 0.928. The van der Waals surface area contributed by atoms with Crippen LogP contribution in [0.5, 0.6) is 0 Å². The summed E-state index contributed by atoms with van der Waals surface area (Å²) < 4.78 is 4.82. The molecule has 0 unspecified atom stereocenters. The highest BCUT2D eigenvalue weighted by atomic mass is 16.5. The van der Waals surface area contributed by atoms with Gasteiger partial charge in [-0.2, -0.15) is 0 Å². The molecular formula is C14H16N4O3. The normalized spacial score (nSPS) is 10.1. The fourth-order valence-corrected chi connectivity index (χ4v) is 1.66. The maximum Gasteiger partial charge on any atom is 0.273 e. The molecule has 0 aliphatic carbocycles. The quantitative estimate of drug-likeness (QED) is 0.771. The van der Waals surface area contributed by atoms with E-state index in [0.717, 1.165) is 0 Å². The van der Waals surface area contributed by atoms with Crippen LogP contribution in [0.15, 0.2) is 35.1 Å². The highest BCUT2D eigenvalue weighted by molar-refractivity contribution is 5.93. The Morgan fingerprint density at radius 1 is 1.24 bits per heavy atom. The molecule has 0 atom stereocenters. The van der Waals surface area contributed by atoms with Gasteiger partial charge in [0.15, 0.2) is 5.69 Å². The maximum atomic E-state index is 11.7. The van der Waals surface area contributed by atoms with Crippen LogP contribution in [0.3, 0.4) is 0 Å². The summed E-state index contributed by atoms with van der Waals surface area (Å²) in [5.74, 6) is 0.121. The number of carbonyl (C=O) groups is 2. The van der Waals surface area contributed by atoms with Crippen molar-refractivity contribution >= 4 is 11.8 Å². The Balaban J connectivity index is 1.64. The van der Waals surface area contributed by atoms with Crippen LogP contribution in [0.1, 0.15) is 33.0 Å². The number of aryl methyl sites for hydroxylation is 1. The third-order valence-corrected chi connectivity index (χ3v) is 2.71. The standard InChI is InChI=1S/C14H16N4O3/c1-10-8-12(18-21-10)14(20)17-7-3-6-16-13(19)11-4-2-5-15-9-11/h2,4-5,8-9H,3,6-7H2,1H3,(H,16,19)(H,17,20). The summed E-state index contributed by atoms with van der Waals surface area (Å²) in [6, 6.07) is 4.96. The molecule has 2 N–H and O–H groups in total. The van der Waals surface area contributed by atoms with Gasteiger partial charge in [0.1, 0.15) is 5.76 Å². The van der Waals surface area contributed by atoms with E-state index in [9.17, 15) is 9.59 Å². The molecule has 0 saturated heterocycles. The van der Waals surface area contributed by atoms with Crippen LogP contribution in [0, 0.1) is 6.92 Å². The van der Waals surface area contributed by atoms with E-state index >= 15 is 0 Å². The zero-order chi connectivity index (χ0) is 15.1. The van der Waals surface area contributed by atoms with Gasteiger partial charge in [0.2, 0.25) is 0 Å². The van der Waals surface area contributed by atoms with Crippen LogP contribution in [0.2, 0.25) is 0 Å². The molecule has 2 aromatic heterocycles. The Morgan fingerprint density at radius 3 is 2.62 bits per heavy atom. The lowest BCUT2D eigenvalue weighted by molar-refractivity contribution is 0.0944. The lowest BCUT2D eigenvalue weighted by atomic mass is 10.2. The molecule has 0 aromatic carbocycles. The van der Waals surface area contributed by atoms with Crippen molar-refractivity contribution in [2.45, 2.75) is 13.3 Å². The third kappa shape index (κ3) is 4.41. The van der Waals surface area contributed by atoms with E-state index in [1.54, 1.807) is 31.3 Å². The zero-order valence-electron chi connectivity index (χ0n) is 11.6. The lowest BCUT2D eigenvalue weighted by Crippen LogP contribution is -2.30. The second kappa shape index (κ2) is 7.18. The van der Waals surface area contributed by atoms with E-state index in [2.05, 4.69) is 20.8 Å². The Kier molecular flexibility index (Phi) is 5.03. The number of pyridine rings is 1. The second-order valence-corrected chi connectivity index (χ2v) is 4.43. The fourth-order valence-electron chi connectivity index (χ4n) is 1.66. The number of amides is 2. The Hall–Kier alpha value is -2.70. The molecule has 0 aliphatic heterocycles.